The first kappa shape index (κ1) is 22.2. The van der Waals surface area contributed by atoms with Gasteiger partial charge in [-0.3, -0.25) is 4.57 Å². The topological polar surface area (TPSA) is 80.0 Å². The number of ether oxygens (including phenoxy) is 1. The van der Waals surface area contributed by atoms with Gasteiger partial charge in [-0.1, -0.05) is 20.8 Å². The summed E-state index contributed by atoms with van der Waals surface area (Å²) in [5, 5.41) is 0. The van der Waals surface area contributed by atoms with Crippen LogP contribution in [0.3, 0.4) is 0 Å². The van der Waals surface area contributed by atoms with Crippen LogP contribution in [0.4, 0.5) is 0 Å². The van der Waals surface area contributed by atoms with Gasteiger partial charge < -0.3 is 18.3 Å². The molecular formula is C14H34NO5PSi. The first-order valence-corrected chi connectivity index (χ1v) is 12.9. The van der Waals surface area contributed by atoms with Gasteiger partial charge in [0.25, 0.3) is 0 Å². The van der Waals surface area contributed by atoms with Crippen LogP contribution in [0.5, 0.6) is 0 Å². The molecule has 0 aromatic heterocycles. The Kier molecular flexibility index (Phi) is 11.0. The van der Waals surface area contributed by atoms with Gasteiger partial charge in [0.05, 0.1) is 13.2 Å². The Morgan fingerprint density at radius 3 is 2.32 bits per heavy atom. The zero-order valence-corrected chi connectivity index (χ0v) is 16.9. The summed E-state index contributed by atoms with van der Waals surface area (Å²) in [5.74, 6) is 4.87. The van der Waals surface area contributed by atoms with Crippen LogP contribution < -0.4 is 5.90 Å². The van der Waals surface area contributed by atoms with Crippen LogP contribution in [0.1, 0.15) is 40.5 Å². The van der Waals surface area contributed by atoms with Gasteiger partial charge in [0.1, 0.15) is 0 Å². The van der Waals surface area contributed by atoms with E-state index in [0.29, 0.717) is 26.2 Å². The summed E-state index contributed by atoms with van der Waals surface area (Å²) in [6, 6.07) is 0.797. The molecule has 0 aliphatic rings. The minimum atomic E-state index is -3.29. The molecule has 0 aliphatic carbocycles. The molecule has 0 aromatic carbocycles. The summed E-state index contributed by atoms with van der Waals surface area (Å²) in [7, 11) is -5.49. The van der Waals surface area contributed by atoms with Crippen molar-refractivity contribution in [3.8, 4) is 0 Å². The fourth-order valence-electron chi connectivity index (χ4n) is 2.48. The van der Waals surface area contributed by atoms with E-state index >= 15 is 0 Å². The van der Waals surface area contributed by atoms with Gasteiger partial charge in [-0.05, 0) is 44.8 Å². The van der Waals surface area contributed by atoms with E-state index in [1.165, 1.54) is 0 Å². The second-order valence-electron chi connectivity index (χ2n) is 6.18. The van der Waals surface area contributed by atoms with Crippen LogP contribution in [0, 0.1) is 5.92 Å². The predicted molar refractivity (Wildman–Crippen MR) is 92.2 cm³/mol. The molecule has 6 nitrogen and oxygen atoms in total. The Balaban J connectivity index is 5.00. The van der Waals surface area contributed by atoms with Gasteiger partial charge in [-0.15, -0.1) is 0 Å². The van der Waals surface area contributed by atoms with E-state index < -0.39 is 21.8 Å². The van der Waals surface area contributed by atoms with Crippen LogP contribution in [0.25, 0.3) is 0 Å². The van der Waals surface area contributed by atoms with E-state index in [-0.39, 0.29) is 5.92 Å². The first-order valence-electron chi connectivity index (χ1n) is 8.12. The Morgan fingerprint density at radius 1 is 1.23 bits per heavy atom. The largest absolute Gasteiger partial charge is 0.366 e. The maximum Gasteiger partial charge on any atom is 0.349 e. The predicted octanol–water partition coefficient (Wildman–Crippen LogP) is 4.13. The van der Waals surface area contributed by atoms with Crippen LogP contribution >= 0.6 is 7.60 Å². The summed E-state index contributed by atoms with van der Waals surface area (Å²) in [6.45, 7) is 13.3. The molecule has 0 rings (SSSR count). The third-order valence-electron chi connectivity index (χ3n) is 3.12. The van der Waals surface area contributed by atoms with Crippen molar-refractivity contribution in [1.29, 1.82) is 0 Å². The molecule has 0 aliphatic heterocycles. The van der Waals surface area contributed by atoms with Crippen LogP contribution in [0.2, 0.25) is 19.1 Å². The van der Waals surface area contributed by atoms with Crippen molar-refractivity contribution >= 4 is 15.9 Å². The molecule has 0 spiro atoms. The minimum absolute atomic E-state index is 0.248. The molecule has 8 heteroatoms. The Morgan fingerprint density at radius 2 is 1.86 bits per heavy atom. The van der Waals surface area contributed by atoms with Gasteiger partial charge in [-0.2, -0.15) is 0 Å². The standard InChI is InChI=1S/C14H34NO5PSi/c1-7-10-17-14(8-2)21(16,19-9-3)20-22(5,6)12-13(4)11-18-15/h13-14H,7-12,15H2,1-6H3. The van der Waals surface area contributed by atoms with Gasteiger partial charge >= 0.3 is 7.60 Å². The van der Waals surface area contributed by atoms with Crippen molar-refractivity contribution in [1.82, 2.24) is 0 Å². The summed E-state index contributed by atoms with van der Waals surface area (Å²) >= 11 is 0. The van der Waals surface area contributed by atoms with Gasteiger partial charge in [-0.25, -0.2) is 5.90 Å². The molecular weight excluding hydrogens is 321 g/mol. The second-order valence-corrected chi connectivity index (χ2v) is 12.8. The Hall–Kier alpha value is 0.247. The van der Waals surface area contributed by atoms with Gasteiger partial charge in [0, 0.05) is 6.61 Å². The van der Waals surface area contributed by atoms with Crippen LogP contribution in [0.15, 0.2) is 0 Å². The monoisotopic (exact) mass is 355 g/mol. The molecule has 0 aromatic rings. The third kappa shape index (κ3) is 8.20. The summed E-state index contributed by atoms with van der Waals surface area (Å²) in [5.41, 5.74) is 0. The van der Waals surface area contributed by atoms with Crippen LogP contribution in [-0.4, -0.2) is 34.0 Å². The lowest BCUT2D eigenvalue weighted by molar-refractivity contribution is 0.0774. The highest BCUT2D eigenvalue weighted by Crippen LogP contribution is 2.57. The van der Waals surface area contributed by atoms with Crippen LogP contribution in [-0.2, 0) is 22.9 Å². The zero-order chi connectivity index (χ0) is 17.2. The molecule has 0 bridgehead atoms. The number of nitrogens with two attached hydrogens (primary N) is 1. The van der Waals surface area contributed by atoms with Gasteiger partial charge in [0.15, 0.2) is 14.2 Å². The average molecular weight is 355 g/mol. The molecule has 22 heavy (non-hydrogen) atoms. The lowest BCUT2D eigenvalue weighted by Crippen LogP contribution is -2.35. The molecule has 0 fully saturated rings. The molecule has 0 radical (unpaired) electrons. The fourth-order valence-corrected chi connectivity index (χ4v) is 9.27. The normalized spacial score (nSPS) is 18.0. The molecule has 134 valence electrons. The quantitative estimate of drug-likeness (QED) is 0.304. The summed E-state index contributed by atoms with van der Waals surface area (Å²) in [6.07, 6.45) is 1.47. The highest BCUT2D eigenvalue weighted by Gasteiger charge is 2.42. The zero-order valence-electron chi connectivity index (χ0n) is 15.0. The van der Waals surface area contributed by atoms with Crippen molar-refractivity contribution in [3.05, 3.63) is 0 Å². The van der Waals surface area contributed by atoms with E-state index in [0.717, 1.165) is 12.5 Å². The lowest BCUT2D eigenvalue weighted by atomic mass is 10.2. The van der Waals surface area contributed by atoms with Crippen molar-refractivity contribution in [2.75, 3.05) is 19.8 Å². The smallest absolute Gasteiger partial charge is 0.349 e. The minimum Gasteiger partial charge on any atom is -0.366 e. The summed E-state index contributed by atoms with van der Waals surface area (Å²) in [4.78, 5) is 4.69. The van der Waals surface area contributed by atoms with Crippen molar-refractivity contribution in [2.24, 2.45) is 11.8 Å². The molecule has 2 N–H and O–H groups in total. The highest BCUT2D eigenvalue weighted by molar-refractivity contribution is 7.56. The number of rotatable bonds is 13. The summed E-state index contributed by atoms with van der Waals surface area (Å²) < 4.78 is 30.6. The SMILES string of the molecule is CCCOC(CC)P(=O)(OCC)O[Si](C)(C)CC(C)CON. The van der Waals surface area contributed by atoms with E-state index in [2.05, 4.69) is 0 Å². The highest BCUT2D eigenvalue weighted by atomic mass is 31.2. The average Bonchev–Trinajstić information content (AvgIpc) is 2.38. The van der Waals surface area contributed by atoms with E-state index in [1.54, 1.807) is 0 Å². The second kappa shape index (κ2) is 10.9. The van der Waals surface area contributed by atoms with Crippen molar-refractivity contribution in [3.63, 3.8) is 0 Å². The number of hydrogen-bond donors (Lipinski definition) is 1. The Labute approximate surface area is 136 Å². The molecule has 0 saturated carbocycles. The number of hydrogen-bond acceptors (Lipinski definition) is 6. The molecule has 3 atom stereocenters. The molecule has 0 saturated heterocycles. The molecule has 3 unspecified atom stereocenters. The van der Waals surface area contributed by atoms with Gasteiger partial charge in [0.2, 0.25) is 0 Å². The van der Waals surface area contributed by atoms with E-state index in [9.17, 15) is 4.57 Å². The first-order chi connectivity index (χ1) is 10.2. The van der Waals surface area contributed by atoms with E-state index in [1.807, 2.05) is 40.8 Å². The molecule has 0 heterocycles. The molecule has 0 amide bonds. The van der Waals surface area contributed by atoms with Crippen molar-refractivity contribution < 1.29 is 22.9 Å². The maximum absolute atomic E-state index is 13.2. The Bertz CT molecular complexity index is 343. The van der Waals surface area contributed by atoms with E-state index in [4.69, 9.17) is 24.2 Å². The lowest BCUT2D eigenvalue weighted by Gasteiger charge is -2.34. The maximum atomic E-state index is 13.2. The third-order valence-corrected chi connectivity index (χ3v) is 9.63. The fraction of sp³-hybridized carbons (Fsp3) is 1.00. The van der Waals surface area contributed by atoms with Crippen molar-refractivity contribution in [2.45, 2.75) is 65.5 Å².